The van der Waals surface area contributed by atoms with Gasteiger partial charge in [0.2, 0.25) is 0 Å². The van der Waals surface area contributed by atoms with Crippen LogP contribution in [-0.2, 0) is 17.6 Å². The fraction of sp³-hybridized carbons (Fsp3) is 0.250. The minimum absolute atomic E-state index is 0.127. The van der Waals surface area contributed by atoms with Crippen LogP contribution in [0.2, 0.25) is 0 Å². The molecule has 0 radical (unpaired) electrons. The number of nitrogens with one attached hydrogen (secondary N) is 1. The Morgan fingerprint density at radius 2 is 1.83 bits per heavy atom. The van der Waals surface area contributed by atoms with Crippen molar-refractivity contribution in [3.63, 3.8) is 0 Å². The van der Waals surface area contributed by atoms with Crippen molar-refractivity contribution < 1.29 is 19.4 Å². The molecule has 0 bridgehead atoms. The number of pyridine rings is 1. The fourth-order valence-electron chi connectivity index (χ4n) is 3.00. The lowest BCUT2D eigenvalue weighted by Crippen LogP contribution is -2.05. The highest BCUT2D eigenvalue weighted by Gasteiger charge is 2.09. The Labute approximate surface area is 176 Å². The molecule has 6 nitrogen and oxygen atoms in total. The van der Waals surface area contributed by atoms with Gasteiger partial charge in [0.15, 0.2) is 0 Å². The number of aryl methyl sites for hydroxylation is 1. The van der Waals surface area contributed by atoms with E-state index in [0.717, 1.165) is 22.8 Å². The van der Waals surface area contributed by atoms with Crippen molar-refractivity contribution >= 4 is 11.8 Å². The number of hydrogen-bond donors (Lipinski definition) is 2. The maximum absolute atomic E-state index is 10.8. The third-order valence-corrected chi connectivity index (χ3v) is 4.54. The number of carboxylic acid groups (broad SMARTS) is 1. The van der Waals surface area contributed by atoms with Crippen LogP contribution in [0.4, 0.5) is 5.82 Å². The second-order valence-electron chi connectivity index (χ2n) is 6.79. The van der Waals surface area contributed by atoms with Crippen LogP contribution in [0.15, 0.2) is 66.7 Å². The number of aromatic nitrogens is 1. The van der Waals surface area contributed by atoms with Crippen molar-refractivity contribution in [3.05, 3.63) is 78.0 Å². The number of rotatable bonds is 11. The van der Waals surface area contributed by atoms with E-state index >= 15 is 0 Å². The first-order chi connectivity index (χ1) is 14.6. The second kappa shape index (κ2) is 10.9. The molecule has 156 valence electrons. The summed E-state index contributed by atoms with van der Waals surface area (Å²) in [7, 11) is 1.84. The summed E-state index contributed by atoms with van der Waals surface area (Å²) in [5, 5.41) is 11.9. The maximum atomic E-state index is 10.8. The van der Waals surface area contributed by atoms with Crippen LogP contribution in [0.25, 0.3) is 0 Å². The maximum Gasteiger partial charge on any atom is 0.303 e. The third kappa shape index (κ3) is 6.51. The van der Waals surface area contributed by atoms with Gasteiger partial charge < -0.3 is 19.9 Å². The molecule has 1 heterocycles. The lowest BCUT2D eigenvalue weighted by atomic mass is 10.1. The summed E-state index contributed by atoms with van der Waals surface area (Å²) in [5.74, 6) is 2.14. The van der Waals surface area contributed by atoms with E-state index in [9.17, 15) is 4.79 Å². The molecule has 30 heavy (non-hydrogen) atoms. The van der Waals surface area contributed by atoms with E-state index in [1.165, 1.54) is 0 Å². The molecule has 0 unspecified atom stereocenters. The zero-order valence-electron chi connectivity index (χ0n) is 17.0. The average Bonchev–Trinajstić information content (AvgIpc) is 2.76. The van der Waals surface area contributed by atoms with Gasteiger partial charge in [0.05, 0.1) is 6.61 Å². The van der Waals surface area contributed by atoms with E-state index in [1.54, 1.807) is 0 Å². The highest BCUT2D eigenvalue weighted by Crippen LogP contribution is 2.30. The monoisotopic (exact) mass is 406 g/mol. The smallest absolute Gasteiger partial charge is 0.303 e. The van der Waals surface area contributed by atoms with Gasteiger partial charge >= 0.3 is 5.97 Å². The molecular formula is C24H26N2O4. The summed E-state index contributed by atoms with van der Waals surface area (Å²) in [5.41, 5.74) is 1.91. The number of aliphatic carboxylic acids is 1. The van der Waals surface area contributed by atoms with Crippen LogP contribution >= 0.6 is 0 Å². The van der Waals surface area contributed by atoms with E-state index in [-0.39, 0.29) is 6.42 Å². The molecule has 0 aliphatic rings. The van der Waals surface area contributed by atoms with Gasteiger partial charge in [0, 0.05) is 31.6 Å². The van der Waals surface area contributed by atoms with Gasteiger partial charge in [-0.15, -0.1) is 0 Å². The summed E-state index contributed by atoms with van der Waals surface area (Å²) in [4.78, 5) is 15.3. The first-order valence-electron chi connectivity index (χ1n) is 9.98. The molecule has 0 saturated carbocycles. The third-order valence-electron chi connectivity index (χ3n) is 4.54. The number of para-hydroxylation sites is 1. The zero-order valence-corrected chi connectivity index (χ0v) is 17.0. The van der Waals surface area contributed by atoms with Crippen molar-refractivity contribution in [2.24, 2.45) is 0 Å². The van der Waals surface area contributed by atoms with Crippen LogP contribution in [0.5, 0.6) is 17.2 Å². The van der Waals surface area contributed by atoms with Gasteiger partial charge in [-0.3, -0.25) is 4.79 Å². The van der Waals surface area contributed by atoms with Gasteiger partial charge in [0.25, 0.3) is 0 Å². The number of carboxylic acids is 1. The average molecular weight is 406 g/mol. The van der Waals surface area contributed by atoms with Crippen LogP contribution in [0, 0.1) is 0 Å². The highest BCUT2D eigenvalue weighted by atomic mass is 16.5. The van der Waals surface area contributed by atoms with E-state index in [4.69, 9.17) is 14.6 Å². The predicted molar refractivity (Wildman–Crippen MR) is 117 cm³/mol. The molecule has 0 spiro atoms. The van der Waals surface area contributed by atoms with Gasteiger partial charge in [-0.2, -0.15) is 0 Å². The lowest BCUT2D eigenvalue weighted by molar-refractivity contribution is -0.137. The number of nitrogens with zero attached hydrogens (tertiary/aromatic N) is 1. The molecule has 0 atom stereocenters. The van der Waals surface area contributed by atoms with Crippen molar-refractivity contribution in [3.8, 4) is 17.2 Å². The van der Waals surface area contributed by atoms with E-state index in [2.05, 4.69) is 10.3 Å². The summed E-state index contributed by atoms with van der Waals surface area (Å²) in [6.45, 7) is 0.489. The molecule has 2 aromatic carbocycles. The van der Waals surface area contributed by atoms with Crippen LogP contribution in [0.3, 0.4) is 0 Å². The molecule has 6 heteroatoms. The van der Waals surface area contributed by atoms with Crippen molar-refractivity contribution in [1.29, 1.82) is 0 Å². The van der Waals surface area contributed by atoms with Gasteiger partial charge in [-0.1, -0.05) is 30.3 Å². The first-order valence-corrected chi connectivity index (χ1v) is 9.98. The first kappa shape index (κ1) is 21.2. The summed E-state index contributed by atoms with van der Waals surface area (Å²) >= 11 is 0. The highest BCUT2D eigenvalue weighted by molar-refractivity contribution is 5.66. The Kier molecular flexibility index (Phi) is 7.66. The predicted octanol–water partition coefficient (Wildman–Crippen LogP) is 4.94. The topological polar surface area (TPSA) is 80.7 Å². The summed E-state index contributed by atoms with van der Waals surface area (Å²) in [6, 6.07) is 21.1. The molecule has 0 aliphatic carbocycles. The number of anilines is 1. The normalized spacial score (nSPS) is 10.4. The van der Waals surface area contributed by atoms with E-state index in [0.29, 0.717) is 37.4 Å². The SMILES string of the molecule is CNc1cccc(CCOc2ccc(CCCC(=O)O)c(Oc3ccccc3)c2)n1. The fourth-order valence-corrected chi connectivity index (χ4v) is 3.00. The van der Waals surface area contributed by atoms with Crippen molar-refractivity contribution in [2.75, 3.05) is 19.0 Å². The Balaban J connectivity index is 1.67. The summed E-state index contributed by atoms with van der Waals surface area (Å²) in [6.07, 6.45) is 1.98. The largest absolute Gasteiger partial charge is 0.493 e. The van der Waals surface area contributed by atoms with Crippen LogP contribution in [-0.4, -0.2) is 29.7 Å². The molecule has 2 N–H and O–H groups in total. The van der Waals surface area contributed by atoms with Gasteiger partial charge in [0.1, 0.15) is 23.1 Å². The molecule has 0 fully saturated rings. The minimum Gasteiger partial charge on any atom is -0.493 e. The second-order valence-corrected chi connectivity index (χ2v) is 6.79. The number of ether oxygens (including phenoxy) is 2. The van der Waals surface area contributed by atoms with Gasteiger partial charge in [-0.05, 0) is 48.7 Å². The minimum atomic E-state index is -0.795. The van der Waals surface area contributed by atoms with Crippen LogP contribution < -0.4 is 14.8 Å². The van der Waals surface area contributed by atoms with Crippen molar-refractivity contribution in [1.82, 2.24) is 4.98 Å². The molecule has 1 aromatic heterocycles. The Morgan fingerprint density at radius 1 is 1.00 bits per heavy atom. The summed E-state index contributed by atoms with van der Waals surface area (Å²) < 4.78 is 12.0. The molecule has 3 aromatic rings. The van der Waals surface area contributed by atoms with E-state index < -0.39 is 5.97 Å². The molecule has 0 aliphatic heterocycles. The van der Waals surface area contributed by atoms with Gasteiger partial charge in [-0.25, -0.2) is 4.98 Å². The van der Waals surface area contributed by atoms with Crippen LogP contribution in [0.1, 0.15) is 24.1 Å². The zero-order chi connectivity index (χ0) is 21.2. The quantitative estimate of drug-likeness (QED) is 0.469. The molecular weight excluding hydrogens is 380 g/mol. The Morgan fingerprint density at radius 3 is 2.60 bits per heavy atom. The number of benzene rings is 2. The molecule has 0 saturated heterocycles. The number of hydrogen-bond acceptors (Lipinski definition) is 5. The van der Waals surface area contributed by atoms with Crippen molar-refractivity contribution in [2.45, 2.75) is 25.7 Å². The molecule has 0 amide bonds. The standard InChI is InChI=1S/C24H26N2O4/c1-25-23-11-6-8-19(26-23)15-16-29-21-14-13-18(7-5-12-24(27)28)22(17-21)30-20-9-3-2-4-10-20/h2-4,6,8-11,13-14,17H,5,7,12,15-16H2,1H3,(H,25,26)(H,27,28). The molecule has 3 rings (SSSR count). The van der Waals surface area contributed by atoms with E-state index in [1.807, 2.05) is 73.8 Å². The Hall–Kier alpha value is -3.54. The number of carbonyl (C=O) groups is 1. The lowest BCUT2D eigenvalue weighted by Gasteiger charge is -2.14. The Bertz CT molecular complexity index is 960.